The molecule has 0 saturated carbocycles. The highest BCUT2D eigenvalue weighted by molar-refractivity contribution is 7.89. The Bertz CT molecular complexity index is 1040. The minimum atomic E-state index is -3.71. The van der Waals surface area contributed by atoms with E-state index in [1.807, 2.05) is 6.07 Å². The summed E-state index contributed by atoms with van der Waals surface area (Å²) in [5.74, 6) is 1.34. The van der Waals surface area contributed by atoms with E-state index < -0.39 is 10.0 Å². The van der Waals surface area contributed by atoms with Crippen molar-refractivity contribution in [2.45, 2.75) is 37.1 Å². The number of nitrogens with one attached hydrogen (secondary N) is 1. The zero-order chi connectivity index (χ0) is 22.6. The van der Waals surface area contributed by atoms with Gasteiger partial charge in [-0.1, -0.05) is 12.1 Å². The molecule has 1 aromatic carbocycles. The smallest absolute Gasteiger partial charge is 0.246 e. The summed E-state index contributed by atoms with van der Waals surface area (Å²) in [6.07, 6.45) is 1.54. The van der Waals surface area contributed by atoms with E-state index in [9.17, 15) is 13.2 Å². The van der Waals surface area contributed by atoms with Gasteiger partial charge in [0.2, 0.25) is 15.9 Å². The quantitative estimate of drug-likeness (QED) is 0.693. The van der Waals surface area contributed by atoms with Crippen LogP contribution in [0.5, 0.6) is 5.75 Å². The van der Waals surface area contributed by atoms with Crippen molar-refractivity contribution in [3.05, 3.63) is 41.9 Å². The van der Waals surface area contributed by atoms with Gasteiger partial charge in [0.25, 0.3) is 0 Å². The van der Waals surface area contributed by atoms with Crippen LogP contribution in [0, 0.1) is 0 Å². The average molecular weight is 448 g/mol. The number of methoxy groups -OCH3 is 1. The summed E-state index contributed by atoms with van der Waals surface area (Å²) in [6, 6.07) is 8.50. The summed E-state index contributed by atoms with van der Waals surface area (Å²) >= 11 is 0. The van der Waals surface area contributed by atoms with Crippen LogP contribution in [0.3, 0.4) is 0 Å². The Labute approximate surface area is 183 Å². The van der Waals surface area contributed by atoms with Crippen molar-refractivity contribution < 1.29 is 17.9 Å². The zero-order valence-corrected chi connectivity index (χ0v) is 19.1. The average Bonchev–Trinajstić information content (AvgIpc) is 2.78. The number of anilines is 1. The molecule has 1 N–H and O–H groups in total. The molecule has 2 heterocycles. The molecule has 0 spiro atoms. The fourth-order valence-electron chi connectivity index (χ4n) is 3.62. The first kappa shape index (κ1) is 23.0. The molecule has 0 unspecified atom stereocenters. The summed E-state index contributed by atoms with van der Waals surface area (Å²) < 4.78 is 33.4. The molecule has 168 valence electrons. The highest BCUT2D eigenvalue weighted by atomic mass is 32.2. The molecule has 1 aliphatic rings. The summed E-state index contributed by atoms with van der Waals surface area (Å²) in [7, 11) is 1.22. The van der Waals surface area contributed by atoms with Gasteiger partial charge in [-0.15, -0.1) is 0 Å². The van der Waals surface area contributed by atoms with Gasteiger partial charge in [0.05, 0.1) is 19.3 Å². The summed E-state index contributed by atoms with van der Waals surface area (Å²) in [5, 5.41) is 3.03. The lowest BCUT2D eigenvalue weighted by Gasteiger charge is -2.32. The number of hydrogen-bond donors (Lipinski definition) is 1. The van der Waals surface area contributed by atoms with E-state index in [0.29, 0.717) is 30.5 Å². The number of rotatable bonds is 7. The Balaban J connectivity index is 1.88. The molecule has 10 heteroatoms. The van der Waals surface area contributed by atoms with E-state index in [-0.39, 0.29) is 23.3 Å². The SMILES string of the molecule is CNc1cc([C@@H]2CCCN(S(=O)(=O)c3ccccc3OC)C2)nc(CN(C)C(C)=O)n1. The normalized spacial score (nSPS) is 17.2. The van der Waals surface area contributed by atoms with Crippen molar-refractivity contribution >= 4 is 21.7 Å². The molecular weight excluding hydrogens is 418 g/mol. The Morgan fingerprint density at radius 2 is 2.06 bits per heavy atom. The molecule has 3 rings (SSSR count). The first-order valence-corrected chi connectivity index (χ1v) is 11.6. The number of aromatic nitrogens is 2. The van der Waals surface area contributed by atoms with Crippen LogP contribution in [0.25, 0.3) is 0 Å². The van der Waals surface area contributed by atoms with Crippen LogP contribution in [-0.2, 0) is 21.4 Å². The largest absolute Gasteiger partial charge is 0.495 e. The lowest BCUT2D eigenvalue weighted by Crippen LogP contribution is -2.39. The highest BCUT2D eigenvalue weighted by Crippen LogP contribution is 2.33. The van der Waals surface area contributed by atoms with Crippen LogP contribution in [0.1, 0.15) is 37.2 Å². The summed E-state index contributed by atoms with van der Waals surface area (Å²) in [6.45, 7) is 2.54. The third-order valence-electron chi connectivity index (χ3n) is 5.45. The van der Waals surface area contributed by atoms with Gasteiger partial charge in [-0.2, -0.15) is 4.31 Å². The lowest BCUT2D eigenvalue weighted by molar-refractivity contribution is -0.128. The molecule has 1 atom stereocenters. The molecule has 1 aliphatic heterocycles. The van der Waals surface area contributed by atoms with E-state index in [1.54, 1.807) is 38.4 Å². The molecule has 1 amide bonds. The van der Waals surface area contributed by atoms with Crippen LogP contribution in [-0.4, -0.2) is 67.8 Å². The van der Waals surface area contributed by atoms with Crippen molar-refractivity contribution in [1.82, 2.24) is 19.2 Å². The second-order valence-electron chi connectivity index (χ2n) is 7.57. The number of piperidine rings is 1. The van der Waals surface area contributed by atoms with E-state index in [1.165, 1.54) is 23.2 Å². The first-order chi connectivity index (χ1) is 14.8. The topological polar surface area (TPSA) is 105 Å². The minimum Gasteiger partial charge on any atom is -0.495 e. The lowest BCUT2D eigenvalue weighted by atomic mass is 9.96. The van der Waals surface area contributed by atoms with Crippen LogP contribution < -0.4 is 10.1 Å². The van der Waals surface area contributed by atoms with Crippen LogP contribution in [0.2, 0.25) is 0 Å². The van der Waals surface area contributed by atoms with Crippen molar-refractivity contribution in [2.75, 3.05) is 39.6 Å². The third kappa shape index (κ3) is 5.13. The monoisotopic (exact) mass is 447 g/mol. The maximum atomic E-state index is 13.3. The summed E-state index contributed by atoms with van der Waals surface area (Å²) in [4.78, 5) is 22.4. The van der Waals surface area contributed by atoms with Gasteiger partial charge >= 0.3 is 0 Å². The maximum absolute atomic E-state index is 13.3. The standard InChI is InChI=1S/C21H29N5O4S/c1-15(27)25(3)14-21-23-17(12-20(22-2)24-21)16-8-7-11-26(13-16)31(28,29)19-10-6-5-9-18(19)30-4/h5-6,9-10,12,16H,7-8,11,13-14H2,1-4H3,(H,22,23,24)/t16-/m1/s1. The fourth-order valence-corrected chi connectivity index (χ4v) is 5.30. The first-order valence-electron chi connectivity index (χ1n) is 10.2. The van der Waals surface area contributed by atoms with Gasteiger partial charge in [0.1, 0.15) is 22.3 Å². The van der Waals surface area contributed by atoms with Gasteiger partial charge in [0.15, 0.2) is 0 Å². The predicted molar refractivity (Wildman–Crippen MR) is 117 cm³/mol. The molecule has 1 aromatic heterocycles. The predicted octanol–water partition coefficient (Wildman–Crippen LogP) is 2.07. The van der Waals surface area contributed by atoms with E-state index >= 15 is 0 Å². The van der Waals surface area contributed by atoms with Crippen LogP contribution >= 0.6 is 0 Å². The molecule has 31 heavy (non-hydrogen) atoms. The Morgan fingerprint density at radius 3 is 2.74 bits per heavy atom. The number of nitrogens with zero attached hydrogens (tertiary/aromatic N) is 4. The molecule has 2 aromatic rings. The van der Waals surface area contributed by atoms with Crippen molar-refractivity contribution in [2.24, 2.45) is 0 Å². The van der Waals surface area contributed by atoms with E-state index in [2.05, 4.69) is 15.3 Å². The second kappa shape index (κ2) is 9.61. The number of hydrogen-bond acceptors (Lipinski definition) is 7. The number of benzene rings is 1. The molecule has 9 nitrogen and oxygen atoms in total. The number of amides is 1. The molecule has 0 radical (unpaired) electrons. The molecule has 0 bridgehead atoms. The fraction of sp³-hybridized carbons (Fsp3) is 0.476. The van der Waals surface area contributed by atoms with E-state index in [0.717, 1.165) is 18.5 Å². The van der Waals surface area contributed by atoms with Crippen LogP contribution in [0.15, 0.2) is 35.2 Å². The Kier molecular flexibility index (Phi) is 7.11. The highest BCUT2D eigenvalue weighted by Gasteiger charge is 2.33. The molecule has 1 fully saturated rings. The zero-order valence-electron chi connectivity index (χ0n) is 18.3. The number of ether oxygens (including phenoxy) is 1. The van der Waals surface area contributed by atoms with Gasteiger partial charge in [-0.05, 0) is 25.0 Å². The third-order valence-corrected chi connectivity index (χ3v) is 7.36. The van der Waals surface area contributed by atoms with Gasteiger partial charge in [-0.3, -0.25) is 4.79 Å². The number of para-hydroxylation sites is 1. The van der Waals surface area contributed by atoms with E-state index in [4.69, 9.17) is 4.74 Å². The maximum Gasteiger partial charge on any atom is 0.246 e. The van der Waals surface area contributed by atoms with Crippen molar-refractivity contribution in [3.8, 4) is 5.75 Å². The number of sulfonamides is 1. The number of carbonyl (C=O) groups excluding carboxylic acids is 1. The van der Waals surface area contributed by atoms with Crippen molar-refractivity contribution in [3.63, 3.8) is 0 Å². The van der Waals surface area contributed by atoms with Crippen molar-refractivity contribution in [1.29, 1.82) is 0 Å². The minimum absolute atomic E-state index is 0.0743. The van der Waals surface area contributed by atoms with Crippen LogP contribution in [0.4, 0.5) is 5.82 Å². The Morgan fingerprint density at radius 1 is 1.32 bits per heavy atom. The molecule has 1 saturated heterocycles. The van der Waals surface area contributed by atoms with Gasteiger partial charge in [-0.25, -0.2) is 18.4 Å². The summed E-state index contributed by atoms with van der Waals surface area (Å²) in [5.41, 5.74) is 0.770. The Hall–Kier alpha value is -2.72. The van der Waals surface area contributed by atoms with Gasteiger partial charge < -0.3 is 15.0 Å². The molecular formula is C21H29N5O4S. The number of carbonyl (C=O) groups is 1. The molecule has 0 aliphatic carbocycles. The second-order valence-corrected chi connectivity index (χ2v) is 9.48. The van der Waals surface area contributed by atoms with Gasteiger partial charge in [0, 0.05) is 46.1 Å².